The number of anilines is 2. The van der Waals surface area contributed by atoms with Crippen LogP contribution in [-0.2, 0) is 4.74 Å². The number of hydrogen-bond donors (Lipinski definition) is 3. The molecule has 0 heterocycles. The molecule has 0 bridgehead atoms. The summed E-state index contributed by atoms with van der Waals surface area (Å²) in [7, 11) is 7.05. The summed E-state index contributed by atoms with van der Waals surface area (Å²) in [6.45, 7) is 0.563. The average Bonchev–Trinajstić information content (AvgIpc) is 2.60. The van der Waals surface area contributed by atoms with E-state index in [0.29, 0.717) is 6.67 Å². The second-order valence-corrected chi connectivity index (χ2v) is 4.71. The predicted molar refractivity (Wildman–Crippen MR) is 99.5 cm³/mol. The molecule has 0 radical (unpaired) electrons. The Morgan fingerprint density at radius 3 is 2.17 bits per heavy atom. The first-order valence-corrected chi connectivity index (χ1v) is 7.45. The third-order valence-corrected chi connectivity index (χ3v) is 2.88. The molecule has 0 aromatic heterocycles. The van der Waals surface area contributed by atoms with Gasteiger partial charge in [-0.1, -0.05) is 30.3 Å². The number of amidine groups is 1. The molecule has 0 aliphatic heterocycles. The van der Waals surface area contributed by atoms with Gasteiger partial charge in [0.25, 0.3) is 0 Å². The molecule has 3 N–H and O–H groups in total. The summed E-state index contributed by atoms with van der Waals surface area (Å²) in [5.74, 6) is 0.843. The lowest BCUT2D eigenvalue weighted by molar-refractivity contribution is 0.277. The van der Waals surface area contributed by atoms with Gasteiger partial charge in [-0.15, -0.1) is 0 Å². The van der Waals surface area contributed by atoms with Crippen molar-refractivity contribution >= 4 is 17.2 Å². The molecule has 5 heteroatoms. The van der Waals surface area contributed by atoms with Crippen molar-refractivity contribution in [2.24, 2.45) is 4.99 Å². The lowest BCUT2D eigenvalue weighted by Crippen LogP contribution is -2.18. The molecule has 2 aromatic rings. The van der Waals surface area contributed by atoms with Crippen LogP contribution in [0.2, 0.25) is 0 Å². The van der Waals surface area contributed by atoms with E-state index in [9.17, 15) is 0 Å². The summed E-state index contributed by atoms with van der Waals surface area (Å²) in [6, 6.07) is 18.2. The van der Waals surface area contributed by atoms with Crippen LogP contribution in [0.1, 0.15) is 5.56 Å². The summed E-state index contributed by atoms with van der Waals surface area (Å²) < 4.78 is 4.25. The number of nitrogens with zero attached hydrogens (tertiary/aromatic N) is 1. The molecule has 2 aromatic carbocycles. The molecule has 0 amide bonds. The molecule has 0 saturated heterocycles. The highest BCUT2D eigenvalue weighted by molar-refractivity contribution is 6.11. The Balaban J connectivity index is 0.000000816. The van der Waals surface area contributed by atoms with Gasteiger partial charge in [0.15, 0.2) is 0 Å². The molecule has 0 spiro atoms. The number of para-hydroxylation sites is 2. The second kappa shape index (κ2) is 11.2. The van der Waals surface area contributed by atoms with E-state index in [-0.39, 0.29) is 0 Å². The summed E-state index contributed by atoms with van der Waals surface area (Å²) in [5.41, 5.74) is 3.12. The Kier molecular flexibility index (Phi) is 9.12. The first kappa shape index (κ1) is 18.7. The minimum Gasteiger partial charge on any atom is -0.388 e. The molecule has 0 aliphatic carbocycles. The number of ether oxygens (including phenoxy) is 1. The minimum atomic E-state index is 0.563. The highest BCUT2D eigenvalue weighted by Gasteiger charge is 2.08. The summed E-state index contributed by atoms with van der Waals surface area (Å²) in [5, 5.41) is 9.62. The number of rotatable bonds is 5. The van der Waals surface area contributed by atoms with Gasteiger partial charge in [-0.2, -0.15) is 0 Å². The van der Waals surface area contributed by atoms with Gasteiger partial charge in [-0.3, -0.25) is 4.99 Å². The van der Waals surface area contributed by atoms with Crippen molar-refractivity contribution in [3.63, 3.8) is 0 Å². The maximum absolute atomic E-state index is 4.57. The number of benzene rings is 2. The fraction of sp³-hybridized carbons (Fsp3) is 0.278. The van der Waals surface area contributed by atoms with Crippen LogP contribution in [-0.4, -0.2) is 40.8 Å². The zero-order valence-corrected chi connectivity index (χ0v) is 14.3. The summed E-state index contributed by atoms with van der Waals surface area (Å²) in [6.07, 6.45) is 0. The van der Waals surface area contributed by atoms with Gasteiger partial charge in [-0.25, -0.2) is 0 Å². The van der Waals surface area contributed by atoms with Crippen LogP contribution in [0.4, 0.5) is 11.4 Å². The Bertz CT molecular complexity index is 585. The van der Waals surface area contributed by atoms with E-state index in [1.54, 1.807) is 14.2 Å². The van der Waals surface area contributed by atoms with E-state index in [4.69, 9.17) is 0 Å². The number of hydrogen-bond acceptors (Lipinski definition) is 4. The number of aliphatic imine (C=N–C) groups is 1. The average molecular weight is 314 g/mol. The minimum absolute atomic E-state index is 0.563. The van der Waals surface area contributed by atoms with E-state index < -0.39 is 0 Å². The molecule has 0 unspecified atom stereocenters. The van der Waals surface area contributed by atoms with Crippen LogP contribution >= 0.6 is 0 Å². The second-order valence-electron chi connectivity index (χ2n) is 4.71. The molecule has 0 fully saturated rings. The summed E-state index contributed by atoms with van der Waals surface area (Å²) in [4.78, 5) is 4.57. The van der Waals surface area contributed by atoms with Crippen molar-refractivity contribution in [1.29, 1.82) is 0 Å². The van der Waals surface area contributed by atoms with Crippen LogP contribution in [0, 0.1) is 0 Å². The Hall–Kier alpha value is -2.37. The van der Waals surface area contributed by atoms with E-state index in [1.807, 2.05) is 62.6 Å². The van der Waals surface area contributed by atoms with Crippen LogP contribution < -0.4 is 16.0 Å². The first-order valence-electron chi connectivity index (χ1n) is 7.45. The quantitative estimate of drug-likeness (QED) is 0.586. The zero-order valence-electron chi connectivity index (χ0n) is 14.3. The van der Waals surface area contributed by atoms with Crippen molar-refractivity contribution in [3.05, 3.63) is 60.2 Å². The molecule has 2 rings (SSSR count). The van der Waals surface area contributed by atoms with Crippen molar-refractivity contribution < 1.29 is 4.74 Å². The van der Waals surface area contributed by atoms with Gasteiger partial charge in [0.2, 0.25) is 0 Å². The van der Waals surface area contributed by atoms with E-state index in [0.717, 1.165) is 22.8 Å². The largest absolute Gasteiger partial charge is 0.388 e. The Labute approximate surface area is 138 Å². The number of nitrogens with one attached hydrogen (secondary N) is 3. The van der Waals surface area contributed by atoms with Crippen molar-refractivity contribution in [2.75, 3.05) is 45.6 Å². The van der Waals surface area contributed by atoms with Crippen molar-refractivity contribution in [1.82, 2.24) is 5.32 Å². The summed E-state index contributed by atoms with van der Waals surface area (Å²) >= 11 is 0. The third-order valence-electron chi connectivity index (χ3n) is 2.88. The lowest BCUT2D eigenvalue weighted by atomic mass is 10.1. The molecule has 5 nitrogen and oxygen atoms in total. The smallest absolute Gasteiger partial charge is 0.136 e. The first-order chi connectivity index (χ1) is 11.3. The molecule has 0 saturated carbocycles. The molecule has 124 valence electrons. The lowest BCUT2D eigenvalue weighted by Gasteiger charge is -2.14. The van der Waals surface area contributed by atoms with Gasteiger partial charge in [0.05, 0.1) is 6.67 Å². The monoisotopic (exact) mass is 314 g/mol. The maximum Gasteiger partial charge on any atom is 0.136 e. The molecule has 0 aliphatic rings. The van der Waals surface area contributed by atoms with E-state index >= 15 is 0 Å². The molecule has 23 heavy (non-hydrogen) atoms. The van der Waals surface area contributed by atoms with E-state index in [2.05, 4.69) is 31.7 Å². The Morgan fingerprint density at radius 2 is 1.57 bits per heavy atom. The van der Waals surface area contributed by atoms with Crippen molar-refractivity contribution in [3.8, 4) is 0 Å². The topological polar surface area (TPSA) is 57.7 Å². The highest BCUT2D eigenvalue weighted by atomic mass is 16.4. The SMILES string of the molecule is CNC/N=C(/Nc1ccccc1)c1ccccc1NC.COC. The maximum atomic E-state index is 4.57. The molecular formula is C18H26N4O. The van der Waals surface area contributed by atoms with Crippen LogP contribution in [0.15, 0.2) is 59.6 Å². The zero-order chi connectivity index (χ0) is 16.9. The van der Waals surface area contributed by atoms with Crippen molar-refractivity contribution in [2.45, 2.75) is 0 Å². The van der Waals surface area contributed by atoms with Gasteiger partial charge < -0.3 is 20.7 Å². The van der Waals surface area contributed by atoms with Crippen LogP contribution in [0.5, 0.6) is 0 Å². The Morgan fingerprint density at radius 1 is 0.957 bits per heavy atom. The van der Waals surface area contributed by atoms with Gasteiger partial charge in [0.1, 0.15) is 5.84 Å². The number of methoxy groups -OCH3 is 1. The normalized spacial score (nSPS) is 10.5. The fourth-order valence-corrected chi connectivity index (χ4v) is 1.92. The van der Waals surface area contributed by atoms with Gasteiger partial charge in [-0.05, 0) is 31.3 Å². The van der Waals surface area contributed by atoms with Gasteiger partial charge >= 0.3 is 0 Å². The third kappa shape index (κ3) is 6.50. The van der Waals surface area contributed by atoms with Crippen LogP contribution in [0.3, 0.4) is 0 Å². The van der Waals surface area contributed by atoms with Gasteiger partial charge in [0, 0.05) is 38.2 Å². The highest BCUT2D eigenvalue weighted by Crippen LogP contribution is 2.17. The van der Waals surface area contributed by atoms with Crippen LogP contribution in [0.25, 0.3) is 0 Å². The standard InChI is InChI=1S/C16H20N4.C2H6O/c1-17-12-19-16(20-13-8-4-3-5-9-13)14-10-6-7-11-15(14)18-2;1-3-2/h3-11,17-18H,12H2,1-2H3,(H,19,20);1-2H3. The molecular weight excluding hydrogens is 288 g/mol. The predicted octanol–water partition coefficient (Wildman–Crippen LogP) is 3.03. The fourth-order valence-electron chi connectivity index (χ4n) is 1.92. The van der Waals surface area contributed by atoms with E-state index in [1.165, 1.54) is 0 Å². The molecule has 0 atom stereocenters.